The van der Waals surface area contributed by atoms with E-state index in [4.69, 9.17) is 14.5 Å². The fraction of sp³-hybridized carbons (Fsp3) is 0.333. The molecule has 1 aliphatic heterocycles. The summed E-state index contributed by atoms with van der Waals surface area (Å²) in [6, 6.07) is 18.5. The summed E-state index contributed by atoms with van der Waals surface area (Å²) >= 11 is 0. The van der Waals surface area contributed by atoms with Crippen molar-refractivity contribution in [3.05, 3.63) is 83.9 Å². The molecule has 6 nitrogen and oxygen atoms in total. The first-order chi connectivity index (χ1) is 16.3. The number of furan rings is 1. The third-order valence-electron chi connectivity index (χ3n) is 6.17. The van der Waals surface area contributed by atoms with E-state index in [9.17, 15) is 0 Å². The molecule has 1 saturated heterocycles. The van der Waals surface area contributed by atoms with Crippen LogP contribution in [0.15, 0.2) is 71.4 Å². The van der Waals surface area contributed by atoms with E-state index in [0.717, 1.165) is 53.9 Å². The van der Waals surface area contributed by atoms with Gasteiger partial charge in [0, 0.05) is 44.1 Å². The van der Waals surface area contributed by atoms with E-state index in [0.29, 0.717) is 6.54 Å². The molecule has 0 radical (unpaired) electrons. The fourth-order valence-electron chi connectivity index (χ4n) is 4.37. The maximum Gasteiger partial charge on any atom is 0.154 e. The number of benzene rings is 1. The summed E-state index contributed by atoms with van der Waals surface area (Å²) < 4.78 is 7.80. The number of anilines is 1. The van der Waals surface area contributed by atoms with Crippen LogP contribution in [0, 0.1) is 6.92 Å². The van der Waals surface area contributed by atoms with Gasteiger partial charge in [0.25, 0.3) is 0 Å². The predicted molar refractivity (Wildman–Crippen MR) is 131 cm³/mol. The molecule has 6 heteroatoms. The second-order valence-electron chi connectivity index (χ2n) is 8.72. The summed E-state index contributed by atoms with van der Waals surface area (Å²) in [7, 11) is 0. The maximum absolute atomic E-state index is 5.89. The van der Waals surface area contributed by atoms with E-state index in [-0.39, 0.29) is 0 Å². The summed E-state index contributed by atoms with van der Waals surface area (Å²) in [6.45, 7) is 5.63. The lowest BCUT2D eigenvalue weighted by Crippen LogP contribution is -2.24. The van der Waals surface area contributed by atoms with Crippen molar-refractivity contribution in [2.75, 3.05) is 18.0 Å². The van der Waals surface area contributed by atoms with Crippen molar-refractivity contribution in [3.63, 3.8) is 0 Å². The number of aryl methyl sites for hydroxylation is 1. The van der Waals surface area contributed by atoms with Gasteiger partial charge in [-0.3, -0.25) is 0 Å². The second-order valence-corrected chi connectivity index (χ2v) is 8.72. The van der Waals surface area contributed by atoms with Crippen LogP contribution in [-0.4, -0.2) is 27.9 Å². The Morgan fingerprint density at radius 3 is 2.42 bits per heavy atom. The molecule has 1 fully saturated rings. The minimum absolute atomic E-state index is 0.690. The molecule has 3 aromatic heterocycles. The Morgan fingerprint density at radius 1 is 0.909 bits per heavy atom. The summed E-state index contributed by atoms with van der Waals surface area (Å²) in [5, 5.41) is 8.39. The summed E-state index contributed by atoms with van der Waals surface area (Å²) in [5.41, 5.74) is 4.18. The SMILES string of the molecule is Cc1ccc(-c2nn(-c3ccccc3)cc2CNCc2ccc(N3CCCCCC3)nc2)o1. The average Bonchev–Trinajstić information content (AvgIpc) is 3.37. The third-order valence-corrected chi connectivity index (χ3v) is 6.17. The quantitative estimate of drug-likeness (QED) is 0.410. The molecule has 33 heavy (non-hydrogen) atoms. The van der Waals surface area contributed by atoms with Gasteiger partial charge in [0.1, 0.15) is 17.3 Å². The Labute approximate surface area is 195 Å². The third kappa shape index (κ3) is 5.17. The van der Waals surface area contributed by atoms with Crippen molar-refractivity contribution in [1.82, 2.24) is 20.1 Å². The Balaban J connectivity index is 1.27. The Morgan fingerprint density at radius 2 is 1.73 bits per heavy atom. The fourth-order valence-corrected chi connectivity index (χ4v) is 4.37. The molecular formula is C27H31N5O. The molecule has 1 aromatic carbocycles. The zero-order chi connectivity index (χ0) is 22.5. The average molecular weight is 442 g/mol. The molecule has 1 N–H and O–H groups in total. The van der Waals surface area contributed by atoms with Crippen LogP contribution >= 0.6 is 0 Å². The van der Waals surface area contributed by atoms with Gasteiger partial charge in [0.15, 0.2) is 5.76 Å². The van der Waals surface area contributed by atoms with E-state index in [1.165, 1.54) is 31.2 Å². The van der Waals surface area contributed by atoms with Crippen LogP contribution in [0.3, 0.4) is 0 Å². The summed E-state index contributed by atoms with van der Waals surface area (Å²) in [6.07, 6.45) is 9.27. The van der Waals surface area contributed by atoms with E-state index in [2.05, 4.69) is 40.7 Å². The number of aromatic nitrogens is 3. The summed E-state index contributed by atoms with van der Waals surface area (Å²) in [4.78, 5) is 7.15. The highest BCUT2D eigenvalue weighted by molar-refractivity contribution is 5.58. The topological polar surface area (TPSA) is 59.1 Å². The Hall–Kier alpha value is -3.38. The minimum atomic E-state index is 0.690. The maximum atomic E-state index is 5.89. The van der Waals surface area contributed by atoms with E-state index >= 15 is 0 Å². The number of para-hydroxylation sites is 1. The molecule has 170 valence electrons. The number of nitrogens with one attached hydrogen (secondary N) is 1. The van der Waals surface area contributed by atoms with Crippen molar-refractivity contribution in [2.45, 2.75) is 45.7 Å². The largest absolute Gasteiger partial charge is 0.460 e. The Bertz CT molecular complexity index is 1150. The smallest absolute Gasteiger partial charge is 0.154 e. The molecule has 1 aliphatic rings. The van der Waals surface area contributed by atoms with Crippen molar-refractivity contribution in [3.8, 4) is 17.1 Å². The molecule has 5 rings (SSSR count). The number of hydrogen-bond donors (Lipinski definition) is 1. The van der Waals surface area contributed by atoms with E-state index in [1.54, 1.807) is 0 Å². The molecule has 4 aromatic rings. The van der Waals surface area contributed by atoms with Gasteiger partial charge in [-0.05, 0) is 55.7 Å². The van der Waals surface area contributed by atoms with Crippen molar-refractivity contribution < 1.29 is 4.42 Å². The zero-order valence-corrected chi connectivity index (χ0v) is 19.2. The molecule has 4 heterocycles. The van der Waals surface area contributed by atoms with Gasteiger partial charge in [0.2, 0.25) is 0 Å². The molecule has 0 bridgehead atoms. The van der Waals surface area contributed by atoms with Gasteiger partial charge in [-0.25, -0.2) is 9.67 Å². The monoisotopic (exact) mass is 441 g/mol. The van der Waals surface area contributed by atoms with Gasteiger partial charge in [-0.1, -0.05) is 37.1 Å². The number of nitrogens with zero attached hydrogens (tertiary/aromatic N) is 4. The minimum Gasteiger partial charge on any atom is -0.460 e. The number of hydrogen-bond acceptors (Lipinski definition) is 5. The molecule has 0 atom stereocenters. The molecule has 0 unspecified atom stereocenters. The summed E-state index contributed by atoms with van der Waals surface area (Å²) in [5.74, 6) is 2.77. The van der Waals surface area contributed by atoms with Crippen LogP contribution < -0.4 is 10.2 Å². The number of rotatable bonds is 7. The standard InChI is InChI=1S/C27H31N5O/c1-21-11-13-25(33-21)27-23(20-32(30-27)24-9-5-4-6-10-24)19-28-17-22-12-14-26(29-18-22)31-15-7-2-3-8-16-31/h4-6,9-14,18,20,28H,2-3,7-8,15-17,19H2,1H3. The lowest BCUT2D eigenvalue weighted by molar-refractivity contribution is 0.544. The highest BCUT2D eigenvalue weighted by Gasteiger charge is 2.15. The first kappa shape index (κ1) is 21.5. The van der Waals surface area contributed by atoms with Gasteiger partial charge in [0.05, 0.1) is 5.69 Å². The van der Waals surface area contributed by atoms with Gasteiger partial charge < -0.3 is 14.6 Å². The first-order valence-electron chi connectivity index (χ1n) is 11.9. The van der Waals surface area contributed by atoms with Crippen molar-refractivity contribution in [1.29, 1.82) is 0 Å². The van der Waals surface area contributed by atoms with Crippen LogP contribution in [0.5, 0.6) is 0 Å². The molecule has 0 spiro atoms. The molecule has 0 amide bonds. The van der Waals surface area contributed by atoms with E-state index in [1.807, 2.05) is 48.1 Å². The van der Waals surface area contributed by atoms with Gasteiger partial charge in [-0.2, -0.15) is 5.10 Å². The Kier molecular flexibility index (Phi) is 6.53. The van der Waals surface area contributed by atoms with Crippen LogP contribution in [0.2, 0.25) is 0 Å². The molecule has 0 saturated carbocycles. The highest BCUT2D eigenvalue weighted by Crippen LogP contribution is 2.26. The van der Waals surface area contributed by atoms with Crippen LogP contribution in [0.1, 0.15) is 42.6 Å². The zero-order valence-electron chi connectivity index (χ0n) is 19.2. The van der Waals surface area contributed by atoms with Gasteiger partial charge in [-0.15, -0.1) is 0 Å². The van der Waals surface area contributed by atoms with Crippen LogP contribution in [0.4, 0.5) is 5.82 Å². The lowest BCUT2D eigenvalue weighted by atomic mass is 10.2. The highest BCUT2D eigenvalue weighted by atomic mass is 16.3. The van der Waals surface area contributed by atoms with Crippen LogP contribution in [0.25, 0.3) is 17.1 Å². The van der Waals surface area contributed by atoms with Crippen LogP contribution in [-0.2, 0) is 13.1 Å². The number of pyridine rings is 1. The molecule has 0 aliphatic carbocycles. The normalized spacial score (nSPS) is 14.4. The van der Waals surface area contributed by atoms with Crippen molar-refractivity contribution in [2.24, 2.45) is 0 Å². The van der Waals surface area contributed by atoms with Gasteiger partial charge >= 0.3 is 0 Å². The second kappa shape index (κ2) is 10.0. The predicted octanol–water partition coefficient (Wildman–Crippen LogP) is 5.51. The first-order valence-corrected chi connectivity index (χ1v) is 11.9. The lowest BCUT2D eigenvalue weighted by Gasteiger charge is -2.21. The van der Waals surface area contributed by atoms with E-state index < -0.39 is 0 Å². The molecular weight excluding hydrogens is 410 g/mol. The van der Waals surface area contributed by atoms with Crippen molar-refractivity contribution >= 4 is 5.82 Å².